The smallest absolute Gasteiger partial charge is 0.321 e. The molecule has 32 heavy (non-hydrogen) atoms. The molecule has 0 bridgehead atoms. The van der Waals surface area contributed by atoms with Crippen molar-refractivity contribution in [2.24, 2.45) is 5.73 Å². The van der Waals surface area contributed by atoms with Gasteiger partial charge in [-0.05, 0) is 24.5 Å². The number of anilines is 1. The zero-order valence-corrected chi connectivity index (χ0v) is 17.9. The van der Waals surface area contributed by atoms with Gasteiger partial charge in [0.2, 0.25) is 12.2 Å². The Balaban J connectivity index is 1.70. The second-order valence-electron chi connectivity index (χ2n) is 7.45. The van der Waals surface area contributed by atoms with Gasteiger partial charge in [0.15, 0.2) is 5.82 Å². The van der Waals surface area contributed by atoms with Crippen LogP contribution < -0.4 is 15.4 Å². The molecule has 2 N–H and O–H groups in total. The Morgan fingerprint density at radius 1 is 1.31 bits per heavy atom. The number of carbonyl (C=O) groups is 1. The van der Waals surface area contributed by atoms with Gasteiger partial charge < -0.3 is 24.7 Å². The van der Waals surface area contributed by atoms with E-state index < -0.39 is 18.4 Å². The summed E-state index contributed by atoms with van der Waals surface area (Å²) >= 11 is 0. The lowest BCUT2D eigenvalue weighted by molar-refractivity contribution is -0.108. The molecule has 2 aromatic rings. The summed E-state index contributed by atoms with van der Waals surface area (Å²) < 4.78 is 21.8. The third-order valence-corrected chi connectivity index (χ3v) is 5.47. The summed E-state index contributed by atoms with van der Waals surface area (Å²) in [6.07, 6.45) is 2.41. The molecule has 1 saturated heterocycles. The van der Waals surface area contributed by atoms with Gasteiger partial charge in [-0.25, -0.2) is 14.8 Å². The van der Waals surface area contributed by atoms with Gasteiger partial charge in [0.25, 0.3) is 0 Å². The van der Waals surface area contributed by atoms with Crippen molar-refractivity contribution in [3.8, 4) is 11.9 Å². The zero-order chi connectivity index (χ0) is 22.7. The van der Waals surface area contributed by atoms with Crippen LogP contribution in [0.2, 0.25) is 0 Å². The maximum atomic E-state index is 12.5. The fraction of sp³-hybridized carbons (Fsp3) is 0.476. The van der Waals surface area contributed by atoms with E-state index >= 15 is 0 Å². The van der Waals surface area contributed by atoms with Crippen molar-refractivity contribution in [3.05, 3.63) is 41.0 Å². The molecule has 0 radical (unpaired) electrons. The number of methoxy groups -OCH3 is 2. The average Bonchev–Trinajstić information content (AvgIpc) is 3.32. The first-order chi connectivity index (χ1) is 15.5. The van der Waals surface area contributed by atoms with Crippen LogP contribution in [0.4, 0.5) is 10.6 Å². The molecule has 2 aromatic heterocycles. The fourth-order valence-electron chi connectivity index (χ4n) is 3.91. The van der Waals surface area contributed by atoms with Crippen molar-refractivity contribution in [3.63, 3.8) is 0 Å². The number of nitriles is 1. The second-order valence-corrected chi connectivity index (χ2v) is 7.45. The van der Waals surface area contributed by atoms with E-state index in [1.165, 1.54) is 25.3 Å². The van der Waals surface area contributed by atoms with Crippen LogP contribution in [0, 0.1) is 11.3 Å². The molecular formula is C21H24N6O5. The van der Waals surface area contributed by atoms with Gasteiger partial charge in [-0.1, -0.05) is 6.07 Å². The number of carbonyl (C=O) groups excluding carboxylic acids is 1. The standard InChI is InChI=1S/C21H24N6O5/c1-29-20(30-2)15-5-3-12-4-6-16(27(21(23)28)18(12)25-15)17-24-10-13(9-22)19(26-17)32-14-7-8-31-11-14/h3,5,10,14,16,20H,4,6-8,11H2,1-2H3,(H2,23,28). The number of aryl methyl sites for hydroxylation is 1. The number of primary amides is 1. The maximum Gasteiger partial charge on any atom is 0.321 e. The number of hydrogen-bond donors (Lipinski definition) is 1. The molecule has 0 saturated carbocycles. The molecule has 2 aliphatic heterocycles. The number of nitrogens with zero attached hydrogens (tertiary/aromatic N) is 5. The molecule has 0 spiro atoms. The Labute approximate surface area is 185 Å². The molecule has 2 aliphatic rings. The van der Waals surface area contributed by atoms with Crippen LogP contribution in [0.1, 0.15) is 47.8 Å². The van der Waals surface area contributed by atoms with Crippen molar-refractivity contribution < 1.29 is 23.7 Å². The molecule has 4 heterocycles. The van der Waals surface area contributed by atoms with Crippen LogP contribution in [0.5, 0.6) is 5.88 Å². The van der Waals surface area contributed by atoms with E-state index in [4.69, 9.17) is 24.7 Å². The number of hydrogen-bond acceptors (Lipinski definition) is 9. The first-order valence-corrected chi connectivity index (χ1v) is 10.2. The monoisotopic (exact) mass is 440 g/mol. The predicted molar refractivity (Wildman–Crippen MR) is 111 cm³/mol. The largest absolute Gasteiger partial charge is 0.471 e. The summed E-state index contributed by atoms with van der Waals surface area (Å²) in [5, 5.41) is 9.43. The van der Waals surface area contributed by atoms with Gasteiger partial charge in [0.1, 0.15) is 29.6 Å². The highest BCUT2D eigenvalue weighted by molar-refractivity contribution is 5.91. The molecule has 168 valence electrons. The highest BCUT2D eigenvalue weighted by Gasteiger charge is 2.35. The normalized spacial score (nSPS) is 20.1. The molecule has 0 aromatic carbocycles. The van der Waals surface area contributed by atoms with E-state index in [1.54, 1.807) is 6.07 Å². The summed E-state index contributed by atoms with van der Waals surface area (Å²) in [7, 11) is 3.01. The molecule has 2 amide bonds. The Morgan fingerprint density at radius 2 is 2.12 bits per heavy atom. The number of amides is 2. The number of nitrogens with two attached hydrogens (primary N) is 1. The number of pyridine rings is 1. The van der Waals surface area contributed by atoms with Crippen LogP contribution in [-0.4, -0.2) is 54.5 Å². The third kappa shape index (κ3) is 4.20. The SMILES string of the molecule is COC(OC)c1ccc2c(n1)N(C(N)=O)C(c1ncc(C#N)c(OC3CCOC3)n1)CC2. The highest BCUT2D eigenvalue weighted by atomic mass is 16.7. The van der Waals surface area contributed by atoms with Crippen molar-refractivity contribution in [2.45, 2.75) is 37.7 Å². The topological polar surface area (TPSA) is 146 Å². The maximum absolute atomic E-state index is 12.5. The van der Waals surface area contributed by atoms with Crippen LogP contribution >= 0.6 is 0 Å². The van der Waals surface area contributed by atoms with Gasteiger partial charge in [0.05, 0.1) is 25.1 Å². The van der Waals surface area contributed by atoms with Crippen molar-refractivity contribution in [2.75, 3.05) is 32.3 Å². The van der Waals surface area contributed by atoms with E-state index in [0.29, 0.717) is 49.8 Å². The zero-order valence-electron chi connectivity index (χ0n) is 17.9. The Hall–Kier alpha value is -3.33. The lowest BCUT2D eigenvalue weighted by Crippen LogP contribution is -2.43. The van der Waals surface area contributed by atoms with E-state index in [9.17, 15) is 10.1 Å². The van der Waals surface area contributed by atoms with E-state index in [1.807, 2.05) is 12.1 Å². The number of fused-ring (bicyclic) bond motifs is 1. The van der Waals surface area contributed by atoms with E-state index in [2.05, 4.69) is 15.0 Å². The molecule has 11 nitrogen and oxygen atoms in total. The first-order valence-electron chi connectivity index (χ1n) is 10.2. The average molecular weight is 440 g/mol. The summed E-state index contributed by atoms with van der Waals surface area (Å²) in [5.74, 6) is 0.901. The molecule has 2 unspecified atom stereocenters. The minimum atomic E-state index is -0.688. The van der Waals surface area contributed by atoms with Gasteiger partial charge in [-0.15, -0.1) is 0 Å². The number of aromatic nitrogens is 3. The molecule has 0 aliphatic carbocycles. The molecular weight excluding hydrogens is 416 g/mol. The number of urea groups is 1. The summed E-state index contributed by atoms with van der Waals surface area (Å²) in [6, 6.07) is 4.46. The Kier molecular flexibility index (Phi) is 6.45. The minimum Gasteiger partial charge on any atom is -0.471 e. The predicted octanol–water partition coefficient (Wildman–Crippen LogP) is 1.77. The minimum absolute atomic E-state index is 0.170. The fourth-order valence-corrected chi connectivity index (χ4v) is 3.91. The Bertz CT molecular complexity index is 1030. The Morgan fingerprint density at radius 3 is 2.78 bits per heavy atom. The van der Waals surface area contributed by atoms with Gasteiger partial charge in [-0.2, -0.15) is 10.2 Å². The lowest BCUT2D eigenvalue weighted by atomic mass is 9.97. The van der Waals surface area contributed by atoms with E-state index in [0.717, 1.165) is 5.56 Å². The lowest BCUT2D eigenvalue weighted by Gasteiger charge is -2.34. The summed E-state index contributed by atoms with van der Waals surface area (Å²) in [4.78, 5) is 27.3. The first kappa shape index (κ1) is 21.9. The highest BCUT2D eigenvalue weighted by Crippen LogP contribution is 2.37. The van der Waals surface area contributed by atoms with Crippen LogP contribution in [0.3, 0.4) is 0 Å². The van der Waals surface area contributed by atoms with Crippen molar-refractivity contribution in [1.29, 1.82) is 5.26 Å². The van der Waals surface area contributed by atoms with Gasteiger partial charge in [0, 0.05) is 20.6 Å². The second kappa shape index (κ2) is 9.44. The molecule has 2 atom stereocenters. The van der Waals surface area contributed by atoms with Gasteiger partial charge in [-0.3, -0.25) is 4.90 Å². The quantitative estimate of drug-likeness (QED) is 0.664. The number of ether oxygens (including phenoxy) is 4. The van der Waals surface area contributed by atoms with E-state index in [-0.39, 0.29) is 17.5 Å². The van der Waals surface area contributed by atoms with Gasteiger partial charge >= 0.3 is 6.03 Å². The van der Waals surface area contributed by atoms with Crippen molar-refractivity contribution in [1.82, 2.24) is 15.0 Å². The molecule has 11 heteroatoms. The summed E-state index contributed by atoms with van der Waals surface area (Å²) in [5.41, 5.74) is 7.34. The third-order valence-electron chi connectivity index (χ3n) is 5.47. The molecule has 1 fully saturated rings. The van der Waals surface area contributed by atoms with Crippen LogP contribution in [-0.2, 0) is 20.6 Å². The number of rotatable bonds is 6. The summed E-state index contributed by atoms with van der Waals surface area (Å²) in [6.45, 7) is 1.03. The molecule has 4 rings (SSSR count). The van der Waals surface area contributed by atoms with Crippen LogP contribution in [0.25, 0.3) is 0 Å². The van der Waals surface area contributed by atoms with Crippen LogP contribution in [0.15, 0.2) is 18.3 Å². The van der Waals surface area contributed by atoms with Crippen molar-refractivity contribution >= 4 is 11.8 Å².